The van der Waals surface area contributed by atoms with Crippen molar-refractivity contribution in [1.82, 2.24) is 19.7 Å². The first-order valence-corrected chi connectivity index (χ1v) is 11.3. The Hall–Kier alpha value is -1.94. The molecule has 164 valence electrons. The summed E-state index contributed by atoms with van der Waals surface area (Å²) in [5.74, 6) is 0.897. The number of carbonyl (C=O) groups excluding carboxylic acids is 1. The number of ether oxygens (including phenoxy) is 1. The Morgan fingerprint density at radius 3 is 2.90 bits per heavy atom. The molecule has 9 heteroatoms. The first kappa shape index (κ1) is 22.7. The number of aliphatic hydroxyl groups excluding tert-OH is 1. The van der Waals surface area contributed by atoms with Crippen LogP contribution in [0, 0.1) is 0 Å². The van der Waals surface area contributed by atoms with Crippen LogP contribution in [-0.4, -0.2) is 68.8 Å². The number of hydrogen-bond donors (Lipinski definition) is 2. The number of carbonyl (C=O) groups is 1. The Morgan fingerprint density at radius 2 is 2.20 bits per heavy atom. The van der Waals surface area contributed by atoms with Gasteiger partial charge < -0.3 is 20.1 Å². The highest BCUT2D eigenvalue weighted by atomic mass is 32.2. The Labute approximate surface area is 181 Å². The number of benzene rings is 1. The quantitative estimate of drug-likeness (QED) is 0.488. The SMILES string of the molecule is CN(Cc1ccccc1)CC(O)CSc1nnc(CCC(N)=O)n1CC1CCCO1. The number of aliphatic hydroxyl groups is 1. The van der Waals surface area contributed by atoms with Gasteiger partial charge in [-0.15, -0.1) is 10.2 Å². The van der Waals surface area contributed by atoms with E-state index in [4.69, 9.17) is 10.5 Å². The summed E-state index contributed by atoms with van der Waals surface area (Å²) in [4.78, 5) is 13.3. The molecule has 2 aromatic rings. The summed E-state index contributed by atoms with van der Waals surface area (Å²) < 4.78 is 7.78. The Balaban J connectivity index is 1.55. The maximum atomic E-state index is 11.2. The van der Waals surface area contributed by atoms with E-state index in [-0.39, 0.29) is 18.4 Å². The van der Waals surface area contributed by atoms with Crippen molar-refractivity contribution in [2.24, 2.45) is 5.73 Å². The summed E-state index contributed by atoms with van der Waals surface area (Å²) in [5, 5.41) is 19.8. The highest BCUT2D eigenvalue weighted by molar-refractivity contribution is 7.99. The average molecular weight is 434 g/mol. The fourth-order valence-corrected chi connectivity index (χ4v) is 4.45. The van der Waals surface area contributed by atoms with Gasteiger partial charge in [-0.05, 0) is 25.5 Å². The van der Waals surface area contributed by atoms with Crippen LogP contribution >= 0.6 is 11.8 Å². The Morgan fingerprint density at radius 1 is 1.40 bits per heavy atom. The van der Waals surface area contributed by atoms with Gasteiger partial charge in [-0.1, -0.05) is 42.1 Å². The molecule has 0 radical (unpaired) electrons. The van der Waals surface area contributed by atoms with Crippen molar-refractivity contribution in [3.8, 4) is 0 Å². The van der Waals surface area contributed by atoms with Gasteiger partial charge >= 0.3 is 0 Å². The first-order chi connectivity index (χ1) is 14.5. The molecule has 30 heavy (non-hydrogen) atoms. The number of aromatic nitrogens is 3. The Bertz CT molecular complexity index is 795. The third-order valence-electron chi connectivity index (χ3n) is 5.02. The maximum absolute atomic E-state index is 11.2. The number of primary amides is 1. The molecule has 0 aliphatic carbocycles. The monoisotopic (exact) mass is 433 g/mol. The molecular weight excluding hydrogens is 402 g/mol. The minimum atomic E-state index is -0.495. The van der Waals surface area contributed by atoms with Gasteiger partial charge in [-0.25, -0.2) is 0 Å². The summed E-state index contributed by atoms with van der Waals surface area (Å²) in [5.41, 5.74) is 6.51. The van der Waals surface area contributed by atoms with Gasteiger partial charge in [-0.2, -0.15) is 0 Å². The zero-order valence-electron chi connectivity index (χ0n) is 17.4. The van der Waals surface area contributed by atoms with Crippen LogP contribution in [0.3, 0.4) is 0 Å². The van der Waals surface area contributed by atoms with Crippen LogP contribution < -0.4 is 5.73 Å². The molecule has 0 saturated carbocycles. The first-order valence-electron chi connectivity index (χ1n) is 10.4. The van der Waals surface area contributed by atoms with Crippen LogP contribution in [0.5, 0.6) is 0 Å². The predicted octanol–water partition coefficient (Wildman–Crippen LogP) is 1.46. The fraction of sp³-hybridized carbons (Fsp3) is 0.571. The van der Waals surface area contributed by atoms with Gasteiger partial charge in [-0.3, -0.25) is 9.69 Å². The number of likely N-dealkylation sites (N-methyl/N-ethyl adjacent to an activating group) is 1. The lowest BCUT2D eigenvalue weighted by Crippen LogP contribution is -2.30. The van der Waals surface area contributed by atoms with Crippen molar-refractivity contribution in [3.05, 3.63) is 41.7 Å². The van der Waals surface area contributed by atoms with Crippen molar-refractivity contribution in [2.75, 3.05) is 26.0 Å². The predicted molar refractivity (Wildman–Crippen MR) is 116 cm³/mol. The van der Waals surface area contributed by atoms with Crippen molar-refractivity contribution in [3.63, 3.8) is 0 Å². The van der Waals surface area contributed by atoms with E-state index in [2.05, 4.69) is 27.2 Å². The van der Waals surface area contributed by atoms with E-state index in [1.807, 2.05) is 29.8 Å². The van der Waals surface area contributed by atoms with E-state index in [1.165, 1.54) is 17.3 Å². The van der Waals surface area contributed by atoms with Crippen LogP contribution in [0.4, 0.5) is 0 Å². The number of nitrogens with two attached hydrogens (primary N) is 1. The van der Waals surface area contributed by atoms with E-state index < -0.39 is 6.10 Å². The van der Waals surface area contributed by atoms with Gasteiger partial charge in [0.15, 0.2) is 5.16 Å². The standard InChI is InChI=1S/C21H31N5O3S/c1-25(12-16-6-3-2-4-7-16)13-17(27)15-30-21-24-23-20(10-9-19(22)28)26(21)14-18-8-5-11-29-18/h2-4,6-7,17-18,27H,5,8-15H2,1H3,(H2,22,28). The number of amides is 1. The maximum Gasteiger partial charge on any atom is 0.217 e. The molecule has 1 fully saturated rings. The second-order valence-electron chi connectivity index (χ2n) is 7.76. The van der Waals surface area contributed by atoms with Gasteiger partial charge in [0.1, 0.15) is 5.82 Å². The molecule has 0 bridgehead atoms. The third kappa shape index (κ3) is 7.09. The lowest BCUT2D eigenvalue weighted by atomic mass is 10.2. The smallest absolute Gasteiger partial charge is 0.217 e. The van der Waals surface area contributed by atoms with Crippen molar-refractivity contribution < 1.29 is 14.6 Å². The number of aryl methyl sites for hydroxylation is 1. The second-order valence-corrected chi connectivity index (χ2v) is 8.75. The van der Waals surface area contributed by atoms with Gasteiger partial charge in [0.05, 0.1) is 18.8 Å². The topological polar surface area (TPSA) is 107 Å². The van der Waals surface area contributed by atoms with Gasteiger partial charge in [0.25, 0.3) is 0 Å². The summed E-state index contributed by atoms with van der Waals surface area (Å²) in [6.45, 7) is 2.79. The normalized spacial score (nSPS) is 17.5. The Kier molecular flexibility index (Phi) is 8.68. The number of hydrogen-bond acceptors (Lipinski definition) is 7. The van der Waals surface area contributed by atoms with Crippen LogP contribution in [0.15, 0.2) is 35.5 Å². The lowest BCUT2D eigenvalue weighted by molar-refractivity contribution is -0.118. The van der Waals surface area contributed by atoms with Crippen LogP contribution in [0.2, 0.25) is 0 Å². The van der Waals surface area contributed by atoms with E-state index in [9.17, 15) is 9.90 Å². The van der Waals surface area contributed by atoms with E-state index in [0.29, 0.717) is 25.3 Å². The number of nitrogens with zero attached hydrogens (tertiary/aromatic N) is 4. The summed E-state index contributed by atoms with van der Waals surface area (Å²) >= 11 is 1.48. The molecule has 3 N–H and O–H groups in total. The molecule has 2 heterocycles. The minimum Gasteiger partial charge on any atom is -0.391 e. The minimum absolute atomic E-state index is 0.134. The molecule has 1 saturated heterocycles. The summed E-state index contributed by atoms with van der Waals surface area (Å²) in [7, 11) is 2.00. The number of thioether (sulfide) groups is 1. The molecule has 1 aliphatic rings. The fourth-order valence-electron chi connectivity index (χ4n) is 3.56. The summed E-state index contributed by atoms with van der Waals surface area (Å²) in [6, 6.07) is 10.2. The van der Waals surface area contributed by atoms with Crippen LogP contribution in [0.1, 0.15) is 30.7 Å². The molecule has 1 aliphatic heterocycles. The zero-order valence-corrected chi connectivity index (χ0v) is 18.3. The highest BCUT2D eigenvalue weighted by Crippen LogP contribution is 2.22. The molecule has 1 amide bonds. The molecule has 3 rings (SSSR count). The highest BCUT2D eigenvalue weighted by Gasteiger charge is 2.22. The molecule has 0 spiro atoms. The second kappa shape index (κ2) is 11.5. The molecule has 8 nitrogen and oxygen atoms in total. The molecule has 1 aromatic heterocycles. The molecule has 2 atom stereocenters. The lowest BCUT2D eigenvalue weighted by Gasteiger charge is -2.20. The zero-order chi connectivity index (χ0) is 21.3. The molecule has 1 aromatic carbocycles. The van der Waals surface area contributed by atoms with Crippen LogP contribution in [0.25, 0.3) is 0 Å². The van der Waals surface area contributed by atoms with Crippen molar-refractivity contribution >= 4 is 17.7 Å². The van der Waals surface area contributed by atoms with Crippen LogP contribution in [-0.2, 0) is 29.0 Å². The summed E-state index contributed by atoms with van der Waals surface area (Å²) in [6.07, 6.45) is 2.39. The van der Waals surface area contributed by atoms with Crippen molar-refractivity contribution in [1.29, 1.82) is 0 Å². The van der Waals surface area contributed by atoms with Gasteiger partial charge in [0, 0.05) is 38.3 Å². The van der Waals surface area contributed by atoms with Crippen molar-refractivity contribution in [2.45, 2.75) is 56.1 Å². The average Bonchev–Trinajstić information content (AvgIpc) is 3.36. The molecule has 2 unspecified atom stereocenters. The van der Waals surface area contributed by atoms with E-state index in [0.717, 1.165) is 37.0 Å². The third-order valence-corrected chi connectivity index (χ3v) is 6.13. The molecular formula is C21H31N5O3S. The largest absolute Gasteiger partial charge is 0.391 e. The van der Waals surface area contributed by atoms with E-state index >= 15 is 0 Å². The van der Waals surface area contributed by atoms with Gasteiger partial charge in [0.2, 0.25) is 5.91 Å². The number of rotatable bonds is 12. The van der Waals surface area contributed by atoms with E-state index in [1.54, 1.807) is 0 Å².